The van der Waals surface area contributed by atoms with E-state index >= 15 is 0 Å². The van der Waals surface area contributed by atoms with Crippen molar-refractivity contribution in [1.29, 1.82) is 0 Å². The average molecular weight is 285 g/mol. The molecule has 1 rings (SSSR count). The van der Waals surface area contributed by atoms with Crippen molar-refractivity contribution in [3.63, 3.8) is 0 Å². The van der Waals surface area contributed by atoms with Gasteiger partial charge < -0.3 is 14.8 Å². The SMILES string of the molecule is CCNC(CCCC1CCCO1)C(OCC)C(C)(C)C. The van der Waals surface area contributed by atoms with Crippen LogP contribution in [0, 0.1) is 5.41 Å². The Kier molecular flexibility index (Phi) is 8.08. The van der Waals surface area contributed by atoms with Crippen molar-refractivity contribution >= 4 is 0 Å². The summed E-state index contributed by atoms with van der Waals surface area (Å²) >= 11 is 0. The van der Waals surface area contributed by atoms with Crippen molar-refractivity contribution in [2.45, 2.75) is 85.0 Å². The quantitative estimate of drug-likeness (QED) is 0.699. The molecule has 1 fully saturated rings. The van der Waals surface area contributed by atoms with Gasteiger partial charge in [0.1, 0.15) is 0 Å². The molecular formula is C17H35NO2. The van der Waals surface area contributed by atoms with Gasteiger partial charge in [0.25, 0.3) is 0 Å². The van der Waals surface area contributed by atoms with Gasteiger partial charge in [-0.1, -0.05) is 27.7 Å². The Labute approximate surface area is 125 Å². The Morgan fingerprint density at radius 1 is 1.30 bits per heavy atom. The van der Waals surface area contributed by atoms with E-state index in [0.717, 1.165) is 19.8 Å². The molecule has 1 aliphatic heterocycles. The van der Waals surface area contributed by atoms with E-state index in [1.54, 1.807) is 0 Å². The molecule has 1 aliphatic rings. The summed E-state index contributed by atoms with van der Waals surface area (Å²) in [6.45, 7) is 13.9. The fraction of sp³-hybridized carbons (Fsp3) is 1.00. The fourth-order valence-corrected chi connectivity index (χ4v) is 3.21. The van der Waals surface area contributed by atoms with E-state index in [4.69, 9.17) is 9.47 Å². The first-order chi connectivity index (χ1) is 9.49. The monoisotopic (exact) mass is 285 g/mol. The average Bonchev–Trinajstić information content (AvgIpc) is 2.87. The highest BCUT2D eigenvalue weighted by atomic mass is 16.5. The van der Waals surface area contributed by atoms with E-state index in [1.165, 1.54) is 32.1 Å². The van der Waals surface area contributed by atoms with Crippen LogP contribution in [0.15, 0.2) is 0 Å². The van der Waals surface area contributed by atoms with Crippen LogP contribution in [-0.2, 0) is 9.47 Å². The number of likely N-dealkylation sites (N-methyl/N-ethyl adjacent to an activating group) is 1. The molecule has 0 amide bonds. The van der Waals surface area contributed by atoms with E-state index in [0.29, 0.717) is 12.1 Å². The highest BCUT2D eigenvalue weighted by Gasteiger charge is 2.32. The molecule has 0 aromatic carbocycles. The minimum Gasteiger partial charge on any atom is -0.378 e. The number of ether oxygens (including phenoxy) is 2. The summed E-state index contributed by atoms with van der Waals surface area (Å²) in [7, 11) is 0. The summed E-state index contributed by atoms with van der Waals surface area (Å²) in [5.41, 5.74) is 0.173. The molecule has 1 N–H and O–H groups in total. The minimum atomic E-state index is 0.173. The predicted octanol–water partition coefficient (Wildman–Crippen LogP) is 3.77. The summed E-state index contributed by atoms with van der Waals surface area (Å²) in [5, 5.41) is 3.63. The van der Waals surface area contributed by atoms with Gasteiger partial charge in [-0.25, -0.2) is 0 Å². The molecule has 0 spiro atoms. The van der Waals surface area contributed by atoms with Crippen LogP contribution in [0.5, 0.6) is 0 Å². The minimum absolute atomic E-state index is 0.173. The molecule has 0 aliphatic carbocycles. The van der Waals surface area contributed by atoms with Crippen LogP contribution in [0.25, 0.3) is 0 Å². The number of hydrogen-bond acceptors (Lipinski definition) is 3. The predicted molar refractivity (Wildman–Crippen MR) is 85.2 cm³/mol. The zero-order valence-electron chi connectivity index (χ0n) is 14.2. The highest BCUT2D eigenvalue weighted by molar-refractivity contribution is 4.86. The van der Waals surface area contributed by atoms with Gasteiger partial charge in [-0.15, -0.1) is 0 Å². The lowest BCUT2D eigenvalue weighted by molar-refractivity contribution is -0.0381. The lowest BCUT2D eigenvalue weighted by Gasteiger charge is -2.37. The van der Waals surface area contributed by atoms with Crippen molar-refractivity contribution in [3.8, 4) is 0 Å². The zero-order valence-corrected chi connectivity index (χ0v) is 14.2. The van der Waals surface area contributed by atoms with Gasteiger partial charge in [0.05, 0.1) is 12.2 Å². The number of rotatable bonds is 9. The number of hydrogen-bond donors (Lipinski definition) is 1. The Morgan fingerprint density at radius 2 is 2.05 bits per heavy atom. The maximum absolute atomic E-state index is 6.05. The highest BCUT2D eigenvalue weighted by Crippen LogP contribution is 2.28. The Balaban J connectivity index is 2.46. The van der Waals surface area contributed by atoms with Crippen LogP contribution in [0.4, 0.5) is 0 Å². The topological polar surface area (TPSA) is 30.5 Å². The second kappa shape index (κ2) is 9.01. The molecular weight excluding hydrogens is 250 g/mol. The van der Waals surface area contributed by atoms with Gasteiger partial charge in [0, 0.05) is 19.3 Å². The molecule has 1 heterocycles. The van der Waals surface area contributed by atoms with Gasteiger partial charge in [-0.3, -0.25) is 0 Å². The maximum Gasteiger partial charge on any atom is 0.0775 e. The third kappa shape index (κ3) is 6.11. The van der Waals surface area contributed by atoms with Crippen LogP contribution in [0.3, 0.4) is 0 Å². The molecule has 20 heavy (non-hydrogen) atoms. The van der Waals surface area contributed by atoms with Crippen molar-refractivity contribution in [1.82, 2.24) is 5.32 Å². The molecule has 3 heteroatoms. The van der Waals surface area contributed by atoms with Crippen LogP contribution in [0.2, 0.25) is 0 Å². The summed E-state index contributed by atoms with van der Waals surface area (Å²) < 4.78 is 11.8. The first kappa shape index (κ1) is 17.9. The summed E-state index contributed by atoms with van der Waals surface area (Å²) in [5.74, 6) is 0. The molecule has 0 saturated carbocycles. The second-order valence-corrected chi connectivity index (χ2v) is 6.97. The molecule has 3 nitrogen and oxygen atoms in total. The zero-order chi connectivity index (χ0) is 15.0. The smallest absolute Gasteiger partial charge is 0.0775 e. The largest absolute Gasteiger partial charge is 0.378 e. The molecule has 0 aromatic heterocycles. The van der Waals surface area contributed by atoms with Crippen molar-refractivity contribution in [2.75, 3.05) is 19.8 Å². The standard InChI is InChI=1S/C17H35NO2/c1-6-18-15(16(19-7-2)17(3,4)5)12-8-10-14-11-9-13-20-14/h14-16,18H,6-13H2,1-5H3. The summed E-state index contributed by atoms with van der Waals surface area (Å²) in [6, 6.07) is 0.446. The second-order valence-electron chi connectivity index (χ2n) is 6.97. The maximum atomic E-state index is 6.05. The van der Waals surface area contributed by atoms with E-state index < -0.39 is 0 Å². The summed E-state index contributed by atoms with van der Waals surface area (Å²) in [4.78, 5) is 0. The first-order valence-corrected chi connectivity index (χ1v) is 8.45. The van der Waals surface area contributed by atoms with Crippen LogP contribution in [0.1, 0.15) is 66.7 Å². The molecule has 0 bridgehead atoms. The van der Waals surface area contributed by atoms with Gasteiger partial charge in [-0.2, -0.15) is 0 Å². The molecule has 3 unspecified atom stereocenters. The molecule has 3 atom stereocenters. The van der Waals surface area contributed by atoms with Crippen molar-refractivity contribution in [3.05, 3.63) is 0 Å². The van der Waals surface area contributed by atoms with E-state index in [-0.39, 0.29) is 11.5 Å². The van der Waals surface area contributed by atoms with E-state index in [1.807, 2.05) is 0 Å². The number of nitrogens with one attached hydrogen (secondary N) is 1. The van der Waals surface area contributed by atoms with Crippen LogP contribution < -0.4 is 5.32 Å². The Hall–Kier alpha value is -0.120. The van der Waals surface area contributed by atoms with Crippen molar-refractivity contribution in [2.24, 2.45) is 5.41 Å². The van der Waals surface area contributed by atoms with Gasteiger partial charge >= 0.3 is 0 Å². The van der Waals surface area contributed by atoms with E-state index in [9.17, 15) is 0 Å². The summed E-state index contributed by atoms with van der Waals surface area (Å²) in [6.07, 6.45) is 6.88. The Bertz CT molecular complexity index is 244. The fourth-order valence-electron chi connectivity index (χ4n) is 3.21. The molecule has 0 radical (unpaired) electrons. The first-order valence-electron chi connectivity index (χ1n) is 8.45. The van der Waals surface area contributed by atoms with Crippen LogP contribution >= 0.6 is 0 Å². The van der Waals surface area contributed by atoms with Crippen LogP contribution in [-0.4, -0.2) is 38.0 Å². The normalized spacial score (nSPS) is 22.9. The van der Waals surface area contributed by atoms with Crippen molar-refractivity contribution < 1.29 is 9.47 Å². The third-order valence-electron chi connectivity index (χ3n) is 4.10. The van der Waals surface area contributed by atoms with E-state index in [2.05, 4.69) is 39.9 Å². The molecule has 120 valence electrons. The van der Waals surface area contributed by atoms with Gasteiger partial charge in [0.15, 0.2) is 0 Å². The van der Waals surface area contributed by atoms with Gasteiger partial charge in [0.2, 0.25) is 0 Å². The van der Waals surface area contributed by atoms with Gasteiger partial charge in [-0.05, 0) is 51.0 Å². The lowest BCUT2D eigenvalue weighted by Crippen LogP contribution is -2.48. The lowest BCUT2D eigenvalue weighted by atomic mass is 9.82. The molecule has 0 aromatic rings. The third-order valence-corrected chi connectivity index (χ3v) is 4.10. The Morgan fingerprint density at radius 3 is 2.55 bits per heavy atom. The molecule has 1 saturated heterocycles.